The molecule has 1 aromatic rings. The molecule has 14 heavy (non-hydrogen) atoms. The Hall–Kier alpha value is -0.310. The van der Waals surface area contributed by atoms with Crippen LogP contribution in [0.25, 0.3) is 0 Å². The van der Waals surface area contributed by atoms with Gasteiger partial charge in [0.25, 0.3) is 0 Å². The summed E-state index contributed by atoms with van der Waals surface area (Å²) < 4.78 is 3.20. The lowest BCUT2D eigenvalue weighted by molar-refractivity contribution is 0.186. The van der Waals surface area contributed by atoms with Crippen LogP contribution < -0.4 is 0 Å². The van der Waals surface area contributed by atoms with Gasteiger partial charge in [-0.3, -0.25) is 4.68 Å². The summed E-state index contributed by atoms with van der Waals surface area (Å²) in [6.45, 7) is 4.73. The predicted octanol–water partition coefficient (Wildman–Crippen LogP) is 3.79. The Morgan fingerprint density at radius 2 is 2.07 bits per heavy atom. The molecule has 0 unspecified atom stereocenters. The van der Waals surface area contributed by atoms with Crippen molar-refractivity contribution in [2.75, 3.05) is 0 Å². The second-order valence-corrected chi connectivity index (χ2v) is 5.95. The van der Waals surface area contributed by atoms with Crippen LogP contribution in [0.3, 0.4) is 0 Å². The van der Waals surface area contributed by atoms with E-state index in [1.807, 2.05) is 6.20 Å². The van der Waals surface area contributed by atoms with E-state index in [-0.39, 0.29) is 0 Å². The average molecular weight is 257 g/mol. The molecule has 0 spiro atoms. The predicted molar refractivity (Wildman–Crippen MR) is 61.2 cm³/mol. The van der Waals surface area contributed by atoms with Crippen LogP contribution in [0.15, 0.2) is 16.9 Å². The molecule has 1 aromatic heterocycles. The monoisotopic (exact) mass is 256 g/mol. The minimum absolute atomic E-state index is 0.543. The van der Waals surface area contributed by atoms with Crippen LogP contribution >= 0.6 is 15.9 Å². The highest BCUT2D eigenvalue weighted by Gasteiger charge is 2.27. The molecule has 0 aromatic carbocycles. The topological polar surface area (TPSA) is 17.8 Å². The molecular weight excluding hydrogens is 240 g/mol. The maximum absolute atomic E-state index is 4.36. The number of hydrogen-bond donors (Lipinski definition) is 0. The van der Waals surface area contributed by atoms with Gasteiger partial charge in [0, 0.05) is 6.20 Å². The second-order valence-electron chi connectivity index (χ2n) is 5.03. The van der Waals surface area contributed by atoms with Gasteiger partial charge < -0.3 is 0 Å². The molecule has 1 aliphatic rings. The van der Waals surface area contributed by atoms with Crippen LogP contribution in [-0.4, -0.2) is 9.78 Å². The van der Waals surface area contributed by atoms with Crippen molar-refractivity contribution in [3.8, 4) is 0 Å². The minimum Gasteiger partial charge on any atom is -0.269 e. The molecule has 1 fully saturated rings. The fourth-order valence-corrected chi connectivity index (χ4v) is 2.46. The van der Waals surface area contributed by atoms with Crippen molar-refractivity contribution in [2.45, 2.75) is 45.6 Å². The van der Waals surface area contributed by atoms with Gasteiger partial charge in [-0.25, -0.2) is 0 Å². The van der Waals surface area contributed by atoms with E-state index in [0.717, 1.165) is 4.47 Å². The van der Waals surface area contributed by atoms with E-state index in [4.69, 9.17) is 0 Å². The summed E-state index contributed by atoms with van der Waals surface area (Å²) in [5, 5.41) is 4.36. The molecule has 0 atom stereocenters. The lowest BCUT2D eigenvalue weighted by Crippen LogP contribution is -2.23. The van der Waals surface area contributed by atoms with E-state index in [1.165, 1.54) is 25.7 Å². The summed E-state index contributed by atoms with van der Waals surface area (Å²) in [7, 11) is 0. The fourth-order valence-electron chi connectivity index (χ4n) is 2.16. The standard InChI is InChI=1S/C11H17BrN2/c1-11(2)5-3-10(4-6-11)14-8-9(12)7-13-14/h7-8,10H,3-6H2,1-2H3. The van der Waals surface area contributed by atoms with E-state index in [9.17, 15) is 0 Å². The SMILES string of the molecule is CC1(C)CCC(n2cc(Br)cn2)CC1. The number of aromatic nitrogens is 2. The molecule has 0 saturated heterocycles. The molecule has 0 bridgehead atoms. The van der Waals surface area contributed by atoms with Gasteiger partial charge in [-0.2, -0.15) is 5.10 Å². The average Bonchev–Trinajstić information content (AvgIpc) is 2.52. The van der Waals surface area contributed by atoms with Crippen molar-refractivity contribution in [1.82, 2.24) is 9.78 Å². The molecule has 2 rings (SSSR count). The van der Waals surface area contributed by atoms with Crippen molar-refractivity contribution in [2.24, 2.45) is 5.41 Å². The maximum Gasteiger partial charge on any atom is 0.0632 e. The Kier molecular flexibility index (Phi) is 2.69. The first kappa shape index (κ1) is 10.2. The Morgan fingerprint density at radius 3 is 2.57 bits per heavy atom. The molecular formula is C11H17BrN2. The Morgan fingerprint density at radius 1 is 1.43 bits per heavy atom. The van der Waals surface area contributed by atoms with E-state index in [0.29, 0.717) is 11.5 Å². The highest BCUT2D eigenvalue weighted by molar-refractivity contribution is 9.10. The number of rotatable bonds is 1. The zero-order valence-corrected chi connectivity index (χ0v) is 10.4. The number of nitrogens with zero attached hydrogens (tertiary/aromatic N) is 2. The lowest BCUT2D eigenvalue weighted by atomic mass is 9.76. The van der Waals surface area contributed by atoms with E-state index < -0.39 is 0 Å². The molecule has 2 nitrogen and oxygen atoms in total. The van der Waals surface area contributed by atoms with Crippen molar-refractivity contribution in [1.29, 1.82) is 0 Å². The van der Waals surface area contributed by atoms with Crippen LogP contribution in [0.1, 0.15) is 45.6 Å². The van der Waals surface area contributed by atoms with Crippen LogP contribution in [0.5, 0.6) is 0 Å². The third kappa shape index (κ3) is 2.19. The van der Waals surface area contributed by atoms with Gasteiger partial charge in [-0.05, 0) is 47.0 Å². The normalized spacial score (nSPS) is 22.5. The molecule has 1 saturated carbocycles. The zero-order valence-electron chi connectivity index (χ0n) is 8.83. The Balaban J connectivity index is 2.02. The van der Waals surface area contributed by atoms with Gasteiger partial charge in [-0.15, -0.1) is 0 Å². The second kappa shape index (κ2) is 3.69. The van der Waals surface area contributed by atoms with E-state index in [1.54, 1.807) is 0 Å². The summed E-state index contributed by atoms with van der Waals surface area (Å²) in [5.41, 5.74) is 0.543. The largest absolute Gasteiger partial charge is 0.269 e. The first-order valence-corrected chi connectivity index (χ1v) is 6.06. The molecule has 3 heteroatoms. The summed E-state index contributed by atoms with van der Waals surface area (Å²) in [6, 6.07) is 0.620. The molecule has 1 aliphatic carbocycles. The van der Waals surface area contributed by atoms with Crippen LogP contribution in [0, 0.1) is 5.41 Å². The van der Waals surface area contributed by atoms with Gasteiger partial charge in [0.2, 0.25) is 0 Å². The molecule has 0 N–H and O–H groups in total. The molecule has 0 radical (unpaired) electrons. The maximum atomic E-state index is 4.36. The van der Waals surface area contributed by atoms with Crippen molar-refractivity contribution < 1.29 is 0 Å². The van der Waals surface area contributed by atoms with Gasteiger partial charge >= 0.3 is 0 Å². The van der Waals surface area contributed by atoms with Crippen LogP contribution in [0.4, 0.5) is 0 Å². The molecule has 0 amide bonds. The first-order chi connectivity index (χ1) is 6.57. The van der Waals surface area contributed by atoms with Crippen molar-refractivity contribution in [3.63, 3.8) is 0 Å². The molecule has 0 aliphatic heterocycles. The third-order valence-electron chi connectivity index (χ3n) is 3.25. The fraction of sp³-hybridized carbons (Fsp3) is 0.727. The summed E-state index contributed by atoms with van der Waals surface area (Å²) >= 11 is 3.44. The van der Waals surface area contributed by atoms with Crippen molar-refractivity contribution in [3.05, 3.63) is 16.9 Å². The molecule has 78 valence electrons. The van der Waals surface area contributed by atoms with E-state index >= 15 is 0 Å². The third-order valence-corrected chi connectivity index (χ3v) is 3.66. The summed E-state index contributed by atoms with van der Waals surface area (Å²) in [6.07, 6.45) is 9.12. The van der Waals surface area contributed by atoms with Gasteiger partial charge in [0.05, 0.1) is 16.7 Å². The molecule has 1 heterocycles. The smallest absolute Gasteiger partial charge is 0.0632 e. The van der Waals surface area contributed by atoms with Crippen molar-refractivity contribution >= 4 is 15.9 Å². The summed E-state index contributed by atoms with van der Waals surface area (Å²) in [4.78, 5) is 0. The number of halogens is 1. The van der Waals surface area contributed by atoms with Gasteiger partial charge in [0.1, 0.15) is 0 Å². The highest BCUT2D eigenvalue weighted by atomic mass is 79.9. The highest BCUT2D eigenvalue weighted by Crippen LogP contribution is 2.39. The van der Waals surface area contributed by atoms with Gasteiger partial charge in [0.15, 0.2) is 0 Å². The van der Waals surface area contributed by atoms with Gasteiger partial charge in [-0.1, -0.05) is 13.8 Å². The lowest BCUT2D eigenvalue weighted by Gasteiger charge is -2.34. The first-order valence-electron chi connectivity index (χ1n) is 5.26. The quantitative estimate of drug-likeness (QED) is 0.748. The Labute approximate surface area is 93.8 Å². The Bertz CT molecular complexity index is 307. The van der Waals surface area contributed by atoms with Crippen LogP contribution in [-0.2, 0) is 0 Å². The summed E-state index contributed by atoms with van der Waals surface area (Å²) in [5.74, 6) is 0. The zero-order chi connectivity index (χ0) is 10.2. The van der Waals surface area contributed by atoms with E-state index in [2.05, 4.69) is 45.8 Å². The van der Waals surface area contributed by atoms with Crippen LogP contribution in [0.2, 0.25) is 0 Å². The number of hydrogen-bond acceptors (Lipinski definition) is 1. The minimum atomic E-state index is 0.543.